The number of carbonyl (C=O) groups is 1. The highest BCUT2D eigenvalue weighted by atomic mass is 35.5. The minimum absolute atomic E-state index is 0.0521. The van der Waals surface area contributed by atoms with Gasteiger partial charge >= 0.3 is 6.03 Å². The zero-order valence-corrected chi connectivity index (χ0v) is 12.8. The van der Waals surface area contributed by atoms with Gasteiger partial charge in [-0.3, -0.25) is 0 Å². The lowest BCUT2D eigenvalue weighted by Crippen LogP contribution is -2.44. The van der Waals surface area contributed by atoms with Gasteiger partial charge < -0.3 is 20.5 Å². The molecule has 1 aromatic rings. The van der Waals surface area contributed by atoms with Crippen molar-refractivity contribution in [3.63, 3.8) is 0 Å². The number of rotatable bonds is 5. The zero-order chi connectivity index (χ0) is 15.2. The first-order valence-electron chi connectivity index (χ1n) is 7.11. The van der Waals surface area contributed by atoms with Crippen molar-refractivity contribution in [2.45, 2.75) is 31.8 Å². The molecule has 1 saturated carbocycles. The molecule has 1 aliphatic rings. The SMILES string of the molecule is COc1ccc(Cl)cc1CNC(=O)N[C@@H]1CCC[C@@H]1CO. The molecule has 1 aromatic carbocycles. The van der Waals surface area contributed by atoms with E-state index in [0.29, 0.717) is 17.3 Å². The van der Waals surface area contributed by atoms with Crippen molar-refractivity contribution in [2.75, 3.05) is 13.7 Å². The van der Waals surface area contributed by atoms with Gasteiger partial charge in [-0.15, -0.1) is 0 Å². The number of nitrogens with one attached hydrogen (secondary N) is 2. The fourth-order valence-electron chi connectivity index (χ4n) is 2.73. The third-order valence-corrected chi connectivity index (χ3v) is 4.13. The number of ether oxygens (including phenoxy) is 1. The van der Waals surface area contributed by atoms with Crippen LogP contribution in [0, 0.1) is 5.92 Å². The van der Waals surface area contributed by atoms with E-state index in [2.05, 4.69) is 10.6 Å². The highest BCUT2D eigenvalue weighted by Crippen LogP contribution is 2.25. The van der Waals surface area contributed by atoms with Crippen molar-refractivity contribution in [1.29, 1.82) is 0 Å². The van der Waals surface area contributed by atoms with E-state index < -0.39 is 0 Å². The first-order valence-corrected chi connectivity index (χ1v) is 7.49. The van der Waals surface area contributed by atoms with E-state index >= 15 is 0 Å². The maximum atomic E-state index is 11.9. The van der Waals surface area contributed by atoms with Crippen LogP contribution in [0.3, 0.4) is 0 Å². The average molecular weight is 313 g/mol. The number of halogens is 1. The second kappa shape index (κ2) is 7.52. The van der Waals surface area contributed by atoms with E-state index in [0.717, 1.165) is 24.8 Å². The average Bonchev–Trinajstić information content (AvgIpc) is 2.92. The van der Waals surface area contributed by atoms with Gasteiger partial charge in [0.25, 0.3) is 0 Å². The number of hydrogen-bond acceptors (Lipinski definition) is 3. The van der Waals surface area contributed by atoms with Gasteiger partial charge in [0, 0.05) is 35.7 Å². The topological polar surface area (TPSA) is 70.6 Å². The van der Waals surface area contributed by atoms with Crippen molar-refractivity contribution in [2.24, 2.45) is 5.92 Å². The number of carbonyl (C=O) groups excluding carboxylic acids is 1. The number of aliphatic hydroxyl groups excluding tert-OH is 1. The molecule has 0 heterocycles. The summed E-state index contributed by atoms with van der Waals surface area (Å²) < 4.78 is 5.24. The lowest BCUT2D eigenvalue weighted by Gasteiger charge is -2.19. The van der Waals surface area contributed by atoms with Crippen LogP contribution in [0.4, 0.5) is 4.79 Å². The van der Waals surface area contributed by atoms with Crippen LogP contribution in [0.5, 0.6) is 5.75 Å². The van der Waals surface area contributed by atoms with Crippen LogP contribution in [-0.4, -0.2) is 30.9 Å². The number of amides is 2. The van der Waals surface area contributed by atoms with Crippen molar-refractivity contribution in [1.82, 2.24) is 10.6 Å². The maximum Gasteiger partial charge on any atom is 0.315 e. The van der Waals surface area contributed by atoms with E-state index in [1.165, 1.54) is 0 Å². The molecule has 0 saturated heterocycles. The van der Waals surface area contributed by atoms with Crippen LogP contribution in [0.25, 0.3) is 0 Å². The van der Waals surface area contributed by atoms with Gasteiger partial charge in [-0.25, -0.2) is 4.79 Å². The number of urea groups is 1. The number of benzene rings is 1. The smallest absolute Gasteiger partial charge is 0.315 e. The number of hydrogen-bond donors (Lipinski definition) is 3. The Kier molecular flexibility index (Phi) is 5.70. The summed E-state index contributed by atoms with van der Waals surface area (Å²) in [4.78, 5) is 11.9. The Hall–Kier alpha value is -1.46. The Morgan fingerprint density at radius 1 is 1.48 bits per heavy atom. The van der Waals surface area contributed by atoms with Crippen LogP contribution in [0.15, 0.2) is 18.2 Å². The molecule has 0 radical (unpaired) electrons. The Morgan fingerprint density at radius 2 is 2.29 bits per heavy atom. The van der Waals surface area contributed by atoms with Crippen molar-refractivity contribution < 1.29 is 14.6 Å². The predicted octanol–water partition coefficient (Wildman–Crippen LogP) is 2.31. The molecule has 21 heavy (non-hydrogen) atoms. The third kappa shape index (κ3) is 4.25. The monoisotopic (exact) mass is 312 g/mol. The Morgan fingerprint density at radius 3 is 3.00 bits per heavy atom. The Bertz CT molecular complexity index is 496. The molecule has 1 aliphatic carbocycles. The molecule has 3 N–H and O–H groups in total. The predicted molar refractivity (Wildman–Crippen MR) is 81.6 cm³/mol. The van der Waals surface area contributed by atoms with E-state index in [1.54, 1.807) is 25.3 Å². The van der Waals surface area contributed by atoms with Gasteiger partial charge in [-0.1, -0.05) is 18.0 Å². The molecule has 2 amide bonds. The quantitative estimate of drug-likeness (QED) is 0.781. The van der Waals surface area contributed by atoms with Crippen LogP contribution >= 0.6 is 11.6 Å². The van der Waals surface area contributed by atoms with Crippen molar-refractivity contribution in [3.05, 3.63) is 28.8 Å². The Labute approximate surface area is 129 Å². The first kappa shape index (κ1) is 15.9. The lowest BCUT2D eigenvalue weighted by atomic mass is 10.1. The maximum absolute atomic E-state index is 11.9. The van der Waals surface area contributed by atoms with Gasteiger partial charge in [0.15, 0.2) is 0 Å². The molecular weight excluding hydrogens is 292 g/mol. The van der Waals surface area contributed by atoms with Gasteiger partial charge in [0.1, 0.15) is 5.75 Å². The van der Waals surface area contributed by atoms with Gasteiger partial charge in [-0.2, -0.15) is 0 Å². The molecule has 0 bridgehead atoms. The van der Waals surface area contributed by atoms with E-state index in [4.69, 9.17) is 16.3 Å². The number of methoxy groups -OCH3 is 1. The summed E-state index contributed by atoms with van der Waals surface area (Å²) in [5.74, 6) is 0.852. The molecule has 1 fully saturated rings. The molecule has 6 heteroatoms. The molecule has 0 aliphatic heterocycles. The molecule has 0 spiro atoms. The van der Waals surface area contributed by atoms with Crippen molar-refractivity contribution >= 4 is 17.6 Å². The summed E-state index contributed by atoms with van der Waals surface area (Å²) in [5, 5.41) is 15.6. The van der Waals surface area contributed by atoms with E-state index in [1.807, 2.05) is 0 Å². The second-order valence-electron chi connectivity index (χ2n) is 5.26. The van der Waals surface area contributed by atoms with Crippen LogP contribution < -0.4 is 15.4 Å². The van der Waals surface area contributed by atoms with Crippen LogP contribution in [0.2, 0.25) is 5.02 Å². The summed E-state index contributed by atoms with van der Waals surface area (Å²) in [6, 6.07) is 5.11. The summed E-state index contributed by atoms with van der Waals surface area (Å²) in [7, 11) is 1.58. The summed E-state index contributed by atoms with van der Waals surface area (Å²) in [6.45, 7) is 0.457. The molecule has 0 aromatic heterocycles. The van der Waals surface area contributed by atoms with Crippen molar-refractivity contribution in [3.8, 4) is 5.75 Å². The fourth-order valence-corrected chi connectivity index (χ4v) is 2.92. The molecular formula is C15H21ClN2O3. The lowest BCUT2D eigenvalue weighted by molar-refractivity contribution is 0.199. The standard InChI is InChI=1S/C15H21ClN2O3/c1-21-14-6-5-12(16)7-11(14)8-17-15(20)18-13-4-2-3-10(13)9-19/h5-7,10,13,19H,2-4,8-9H2,1H3,(H2,17,18,20)/t10-,13-/m1/s1. The third-order valence-electron chi connectivity index (χ3n) is 3.89. The minimum Gasteiger partial charge on any atom is -0.496 e. The van der Waals surface area contributed by atoms with E-state index in [-0.39, 0.29) is 24.6 Å². The highest BCUT2D eigenvalue weighted by Gasteiger charge is 2.27. The van der Waals surface area contributed by atoms with E-state index in [9.17, 15) is 9.90 Å². The zero-order valence-electron chi connectivity index (χ0n) is 12.1. The molecule has 2 atom stereocenters. The van der Waals surface area contributed by atoms with Crippen LogP contribution in [-0.2, 0) is 6.54 Å². The normalized spacial score (nSPS) is 21.1. The molecule has 0 unspecified atom stereocenters. The molecule has 5 nitrogen and oxygen atoms in total. The molecule has 2 rings (SSSR count). The number of aliphatic hydroxyl groups is 1. The van der Waals surface area contributed by atoms with Crippen LogP contribution in [0.1, 0.15) is 24.8 Å². The largest absolute Gasteiger partial charge is 0.496 e. The highest BCUT2D eigenvalue weighted by molar-refractivity contribution is 6.30. The minimum atomic E-state index is -0.234. The fraction of sp³-hybridized carbons (Fsp3) is 0.533. The first-order chi connectivity index (χ1) is 10.1. The Balaban J connectivity index is 1.88. The summed E-state index contributed by atoms with van der Waals surface area (Å²) in [6.07, 6.45) is 2.92. The summed E-state index contributed by atoms with van der Waals surface area (Å²) >= 11 is 5.95. The van der Waals surface area contributed by atoms with Gasteiger partial charge in [0.05, 0.1) is 7.11 Å². The molecule has 116 valence electrons. The van der Waals surface area contributed by atoms with Gasteiger partial charge in [-0.05, 0) is 31.0 Å². The van der Waals surface area contributed by atoms with Gasteiger partial charge in [0.2, 0.25) is 0 Å². The second-order valence-corrected chi connectivity index (χ2v) is 5.70. The summed E-state index contributed by atoms with van der Waals surface area (Å²) in [5.41, 5.74) is 0.824.